The van der Waals surface area contributed by atoms with Crippen molar-refractivity contribution in [3.05, 3.63) is 35.9 Å². The lowest BCUT2D eigenvalue weighted by atomic mass is 10.0. The fourth-order valence-electron chi connectivity index (χ4n) is 4.25. The van der Waals surface area contributed by atoms with Crippen LogP contribution < -0.4 is 22.1 Å². The fourth-order valence-corrected chi connectivity index (χ4v) is 4.73. The molecule has 0 saturated carbocycles. The van der Waals surface area contributed by atoms with Crippen molar-refractivity contribution in [3.63, 3.8) is 0 Å². The summed E-state index contributed by atoms with van der Waals surface area (Å²) in [7, 11) is 0. The number of benzene rings is 1. The maximum Gasteiger partial charge on any atom is 0.326 e. The monoisotopic (exact) mass is 521 g/mol. The minimum absolute atomic E-state index is 0.292. The van der Waals surface area contributed by atoms with E-state index >= 15 is 0 Å². The fraction of sp³-hybridized carbons (Fsp3) is 0.600. The van der Waals surface area contributed by atoms with E-state index in [4.69, 9.17) is 11.5 Å². The van der Waals surface area contributed by atoms with Gasteiger partial charge in [-0.15, -0.1) is 0 Å². The van der Waals surface area contributed by atoms with Crippen molar-refractivity contribution in [2.75, 3.05) is 25.1 Å². The van der Waals surface area contributed by atoms with Crippen LogP contribution in [0.4, 0.5) is 0 Å². The number of carboxylic acid groups (broad SMARTS) is 1. The molecule has 11 heteroatoms. The first-order valence-corrected chi connectivity index (χ1v) is 13.8. The average Bonchev–Trinajstić information content (AvgIpc) is 3.36. The molecule has 7 N–H and O–H groups in total. The minimum Gasteiger partial charge on any atom is -0.480 e. The lowest BCUT2D eigenvalue weighted by molar-refractivity contribution is -0.145. The molecular weight excluding hydrogens is 482 g/mol. The number of carbonyl (C=O) groups is 4. The molecule has 1 aliphatic heterocycles. The van der Waals surface area contributed by atoms with E-state index in [-0.39, 0.29) is 5.91 Å². The maximum absolute atomic E-state index is 13.5. The summed E-state index contributed by atoms with van der Waals surface area (Å²) < 4.78 is 0. The first-order chi connectivity index (χ1) is 17.3. The highest BCUT2D eigenvalue weighted by atomic mass is 32.2. The average molecular weight is 522 g/mol. The molecule has 1 heterocycles. The van der Waals surface area contributed by atoms with Gasteiger partial charge in [-0.1, -0.05) is 30.3 Å². The lowest BCUT2D eigenvalue weighted by Crippen LogP contribution is -2.57. The molecule has 1 aromatic rings. The first-order valence-electron chi connectivity index (χ1n) is 12.4. The van der Waals surface area contributed by atoms with Crippen LogP contribution in [-0.4, -0.2) is 83.0 Å². The number of nitrogens with zero attached hydrogens (tertiary/aromatic N) is 1. The molecule has 0 radical (unpaired) electrons. The molecule has 0 spiro atoms. The van der Waals surface area contributed by atoms with Crippen molar-refractivity contribution >= 4 is 35.5 Å². The summed E-state index contributed by atoms with van der Waals surface area (Å²) >= 11 is 1.50. The van der Waals surface area contributed by atoms with Crippen molar-refractivity contribution in [1.82, 2.24) is 15.5 Å². The number of carbonyl (C=O) groups excluding carboxylic acids is 3. The molecule has 1 aliphatic rings. The van der Waals surface area contributed by atoms with Crippen LogP contribution in [0, 0.1) is 0 Å². The van der Waals surface area contributed by atoms with Crippen LogP contribution in [0.1, 0.15) is 44.1 Å². The van der Waals surface area contributed by atoms with Crippen LogP contribution in [-0.2, 0) is 25.6 Å². The standard InChI is InChI=1S/C25H39N5O5S/c1-36-15-12-20(25(34)35)29-23(32)21-11-7-14-30(21)24(33)19(10-5-6-13-26)28-22(31)18(27)16-17-8-3-2-4-9-17/h2-4,8-9,18-21H,5-7,10-16,26-27H2,1H3,(H,28,31)(H,29,32)(H,34,35). The van der Waals surface area contributed by atoms with Gasteiger partial charge in [0.25, 0.3) is 0 Å². The Hall–Kier alpha value is -2.63. The number of aliphatic carboxylic acids is 1. The van der Waals surface area contributed by atoms with Gasteiger partial charge in [0.1, 0.15) is 18.1 Å². The summed E-state index contributed by atoms with van der Waals surface area (Å²) in [6, 6.07) is 5.92. The van der Waals surface area contributed by atoms with Crippen LogP contribution in [0.5, 0.6) is 0 Å². The van der Waals surface area contributed by atoms with Gasteiger partial charge >= 0.3 is 5.97 Å². The van der Waals surface area contributed by atoms with E-state index in [1.54, 1.807) is 0 Å². The van der Waals surface area contributed by atoms with Gasteiger partial charge in [-0.3, -0.25) is 14.4 Å². The quantitative estimate of drug-likeness (QED) is 0.208. The van der Waals surface area contributed by atoms with Gasteiger partial charge < -0.3 is 32.1 Å². The van der Waals surface area contributed by atoms with E-state index in [0.29, 0.717) is 63.8 Å². The molecule has 0 aromatic heterocycles. The third-order valence-corrected chi connectivity index (χ3v) is 6.90. The Kier molecular flexibility index (Phi) is 12.7. The van der Waals surface area contributed by atoms with Gasteiger partial charge in [0.2, 0.25) is 17.7 Å². The molecule has 3 amide bonds. The van der Waals surface area contributed by atoms with E-state index in [1.807, 2.05) is 36.6 Å². The number of thioether (sulfide) groups is 1. The number of hydrogen-bond donors (Lipinski definition) is 5. The van der Waals surface area contributed by atoms with E-state index < -0.39 is 42.0 Å². The van der Waals surface area contributed by atoms with Crippen molar-refractivity contribution in [2.24, 2.45) is 11.5 Å². The highest BCUT2D eigenvalue weighted by Gasteiger charge is 2.39. The molecule has 10 nitrogen and oxygen atoms in total. The minimum atomic E-state index is -1.10. The Labute approximate surface area is 216 Å². The second-order valence-electron chi connectivity index (χ2n) is 9.01. The molecule has 200 valence electrons. The molecule has 2 rings (SSSR count). The Balaban J connectivity index is 2.08. The number of carboxylic acids is 1. The molecule has 1 saturated heterocycles. The zero-order chi connectivity index (χ0) is 26.5. The molecule has 4 atom stereocenters. The predicted molar refractivity (Wildman–Crippen MR) is 140 cm³/mol. The smallest absolute Gasteiger partial charge is 0.326 e. The van der Waals surface area contributed by atoms with E-state index in [2.05, 4.69) is 10.6 Å². The summed E-state index contributed by atoms with van der Waals surface area (Å²) in [5.74, 6) is -1.80. The molecule has 0 aliphatic carbocycles. The van der Waals surface area contributed by atoms with Gasteiger partial charge in [0.15, 0.2) is 0 Å². The van der Waals surface area contributed by atoms with E-state index in [0.717, 1.165) is 5.56 Å². The van der Waals surface area contributed by atoms with E-state index in [9.17, 15) is 24.3 Å². The number of hydrogen-bond acceptors (Lipinski definition) is 7. The summed E-state index contributed by atoms with van der Waals surface area (Å²) in [5.41, 5.74) is 12.7. The maximum atomic E-state index is 13.5. The van der Waals surface area contributed by atoms with Crippen molar-refractivity contribution in [2.45, 2.75) is 69.1 Å². The lowest BCUT2D eigenvalue weighted by Gasteiger charge is -2.30. The second-order valence-corrected chi connectivity index (χ2v) is 10.00. The van der Waals surface area contributed by atoms with Gasteiger partial charge in [0, 0.05) is 6.54 Å². The van der Waals surface area contributed by atoms with Crippen LogP contribution >= 0.6 is 11.8 Å². The molecule has 0 bridgehead atoms. The number of amides is 3. The third kappa shape index (κ3) is 9.11. The van der Waals surface area contributed by atoms with Crippen molar-refractivity contribution < 1.29 is 24.3 Å². The highest BCUT2D eigenvalue weighted by molar-refractivity contribution is 7.98. The zero-order valence-electron chi connectivity index (χ0n) is 20.9. The molecule has 1 aromatic carbocycles. The molecule has 4 unspecified atom stereocenters. The van der Waals surface area contributed by atoms with Gasteiger partial charge in [-0.2, -0.15) is 11.8 Å². The van der Waals surface area contributed by atoms with E-state index in [1.165, 1.54) is 16.7 Å². The Morgan fingerprint density at radius 1 is 1.11 bits per heavy atom. The Morgan fingerprint density at radius 3 is 2.47 bits per heavy atom. The van der Waals surface area contributed by atoms with Crippen LogP contribution in [0.25, 0.3) is 0 Å². The van der Waals surface area contributed by atoms with Gasteiger partial charge in [0.05, 0.1) is 6.04 Å². The number of unbranched alkanes of at least 4 members (excludes halogenated alkanes) is 1. The third-order valence-electron chi connectivity index (χ3n) is 6.26. The second kappa shape index (κ2) is 15.5. The van der Waals surface area contributed by atoms with Crippen molar-refractivity contribution in [1.29, 1.82) is 0 Å². The Bertz CT molecular complexity index is 872. The molecular formula is C25H39N5O5S. The number of likely N-dealkylation sites (tertiary alicyclic amines) is 1. The summed E-state index contributed by atoms with van der Waals surface area (Å²) in [6.45, 7) is 0.822. The van der Waals surface area contributed by atoms with Gasteiger partial charge in [-0.25, -0.2) is 4.79 Å². The zero-order valence-corrected chi connectivity index (χ0v) is 21.7. The SMILES string of the molecule is CSCCC(NC(=O)C1CCCN1C(=O)C(CCCCN)NC(=O)C(N)Cc1ccccc1)C(=O)O. The van der Waals surface area contributed by atoms with Crippen LogP contribution in [0.3, 0.4) is 0 Å². The first kappa shape index (κ1) is 29.6. The van der Waals surface area contributed by atoms with Crippen LogP contribution in [0.15, 0.2) is 30.3 Å². The number of nitrogens with one attached hydrogen (secondary N) is 2. The van der Waals surface area contributed by atoms with Crippen molar-refractivity contribution in [3.8, 4) is 0 Å². The predicted octanol–water partition coefficient (Wildman–Crippen LogP) is 0.484. The summed E-state index contributed by atoms with van der Waals surface area (Å²) in [5, 5.41) is 14.8. The van der Waals surface area contributed by atoms with Crippen LogP contribution in [0.2, 0.25) is 0 Å². The highest BCUT2D eigenvalue weighted by Crippen LogP contribution is 2.20. The Morgan fingerprint density at radius 2 is 1.83 bits per heavy atom. The molecule has 36 heavy (non-hydrogen) atoms. The topological polar surface area (TPSA) is 168 Å². The largest absolute Gasteiger partial charge is 0.480 e. The van der Waals surface area contributed by atoms with Gasteiger partial charge in [-0.05, 0) is 69.1 Å². The number of rotatable bonds is 15. The normalized spacial score (nSPS) is 17.8. The summed E-state index contributed by atoms with van der Waals surface area (Å²) in [6.07, 6.45) is 5.22. The molecule has 1 fully saturated rings. The number of nitrogens with two attached hydrogens (primary N) is 2. The summed E-state index contributed by atoms with van der Waals surface area (Å²) in [4.78, 5) is 52.4.